The lowest BCUT2D eigenvalue weighted by molar-refractivity contribution is -0.137. The van der Waals surface area contributed by atoms with Gasteiger partial charge in [-0.2, -0.15) is 5.10 Å². The van der Waals surface area contributed by atoms with Crippen molar-refractivity contribution in [1.29, 1.82) is 0 Å². The highest BCUT2D eigenvalue weighted by atomic mass is 16.4. The van der Waals surface area contributed by atoms with Crippen molar-refractivity contribution in [2.45, 2.75) is 65.5 Å². The number of carboxylic acids is 1. The van der Waals surface area contributed by atoms with Crippen LogP contribution in [0.25, 0.3) is 0 Å². The van der Waals surface area contributed by atoms with E-state index in [-0.39, 0.29) is 6.42 Å². The van der Waals surface area contributed by atoms with Crippen LogP contribution in [0.2, 0.25) is 0 Å². The molecule has 21 heavy (non-hydrogen) atoms. The van der Waals surface area contributed by atoms with E-state index in [0.717, 1.165) is 44.5 Å². The van der Waals surface area contributed by atoms with Gasteiger partial charge in [0.1, 0.15) is 0 Å². The van der Waals surface area contributed by atoms with Gasteiger partial charge >= 0.3 is 5.97 Å². The third kappa shape index (κ3) is 6.76. The van der Waals surface area contributed by atoms with Crippen LogP contribution in [0.15, 0.2) is 12.3 Å². The van der Waals surface area contributed by atoms with E-state index in [0.29, 0.717) is 12.0 Å². The highest BCUT2D eigenvalue weighted by Gasteiger charge is 2.08. The monoisotopic (exact) mass is 295 g/mol. The first-order chi connectivity index (χ1) is 10.1. The second-order valence-electron chi connectivity index (χ2n) is 5.76. The molecule has 2 N–H and O–H groups in total. The summed E-state index contributed by atoms with van der Waals surface area (Å²) in [5.41, 5.74) is 1.07. The summed E-state index contributed by atoms with van der Waals surface area (Å²) < 4.78 is 2.06. The van der Waals surface area contributed by atoms with Crippen molar-refractivity contribution >= 4 is 5.97 Å². The first kappa shape index (κ1) is 17.7. The number of hydrogen-bond acceptors (Lipinski definition) is 3. The van der Waals surface area contributed by atoms with E-state index < -0.39 is 5.97 Å². The maximum atomic E-state index is 10.5. The zero-order chi connectivity index (χ0) is 15.7. The van der Waals surface area contributed by atoms with Crippen LogP contribution in [0.1, 0.15) is 64.6 Å². The molecule has 120 valence electrons. The fraction of sp³-hybridized carbons (Fsp3) is 0.750. The molecule has 0 saturated heterocycles. The van der Waals surface area contributed by atoms with Crippen molar-refractivity contribution in [3.05, 3.63) is 18.0 Å². The van der Waals surface area contributed by atoms with Gasteiger partial charge in [-0.1, -0.05) is 20.8 Å². The number of aliphatic carboxylic acids is 1. The van der Waals surface area contributed by atoms with Gasteiger partial charge in [0.2, 0.25) is 0 Å². The van der Waals surface area contributed by atoms with Crippen LogP contribution in [0.4, 0.5) is 0 Å². The predicted octanol–water partition coefficient (Wildman–Crippen LogP) is 3.22. The smallest absolute Gasteiger partial charge is 0.303 e. The molecule has 1 heterocycles. The van der Waals surface area contributed by atoms with Gasteiger partial charge in [0, 0.05) is 19.2 Å². The van der Waals surface area contributed by atoms with Crippen LogP contribution in [0.5, 0.6) is 0 Å². The number of nitrogens with zero attached hydrogens (tertiary/aromatic N) is 2. The zero-order valence-electron chi connectivity index (χ0n) is 13.5. The Balaban J connectivity index is 2.22. The van der Waals surface area contributed by atoms with Crippen LogP contribution >= 0.6 is 0 Å². The van der Waals surface area contributed by atoms with Gasteiger partial charge < -0.3 is 10.4 Å². The Bertz CT molecular complexity index is 413. The highest BCUT2D eigenvalue weighted by molar-refractivity contribution is 5.66. The first-order valence-corrected chi connectivity index (χ1v) is 8.03. The SMILES string of the molecule is CCC(CC)n1ccc(CNCCC(C)CCC(=O)O)n1. The molecule has 0 radical (unpaired) electrons. The van der Waals surface area contributed by atoms with E-state index in [9.17, 15) is 4.79 Å². The quantitative estimate of drug-likeness (QED) is 0.615. The van der Waals surface area contributed by atoms with E-state index >= 15 is 0 Å². The molecule has 1 rings (SSSR count). The lowest BCUT2D eigenvalue weighted by Crippen LogP contribution is -2.18. The third-order valence-electron chi connectivity index (χ3n) is 3.95. The normalized spacial score (nSPS) is 12.8. The molecular formula is C16H29N3O2. The summed E-state index contributed by atoms with van der Waals surface area (Å²) in [6.45, 7) is 8.16. The number of rotatable bonds is 11. The van der Waals surface area contributed by atoms with Gasteiger partial charge in [-0.3, -0.25) is 9.48 Å². The van der Waals surface area contributed by atoms with Gasteiger partial charge in [-0.25, -0.2) is 0 Å². The summed E-state index contributed by atoms with van der Waals surface area (Å²) in [6.07, 6.45) is 6.28. The van der Waals surface area contributed by atoms with E-state index in [1.807, 2.05) is 0 Å². The molecule has 0 aliphatic heterocycles. The fourth-order valence-electron chi connectivity index (χ4n) is 2.42. The second-order valence-corrected chi connectivity index (χ2v) is 5.76. The molecule has 0 aliphatic rings. The van der Waals surface area contributed by atoms with Crippen LogP contribution in [-0.2, 0) is 11.3 Å². The first-order valence-electron chi connectivity index (χ1n) is 8.03. The summed E-state index contributed by atoms with van der Waals surface area (Å²) >= 11 is 0. The van der Waals surface area contributed by atoms with E-state index in [1.54, 1.807) is 0 Å². The average molecular weight is 295 g/mol. The van der Waals surface area contributed by atoms with Crippen molar-refractivity contribution in [1.82, 2.24) is 15.1 Å². The van der Waals surface area contributed by atoms with E-state index in [2.05, 4.69) is 48.1 Å². The maximum absolute atomic E-state index is 10.5. The lowest BCUT2D eigenvalue weighted by Gasteiger charge is -2.12. The maximum Gasteiger partial charge on any atom is 0.303 e. The molecule has 0 saturated carbocycles. The minimum Gasteiger partial charge on any atom is -0.481 e. The number of hydrogen-bond donors (Lipinski definition) is 2. The van der Waals surface area contributed by atoms with Crippen molar-refractivity contribution in [3.8, 4) is 0 Å². The largest absolute Gasteiger partial charge is 0.481 e. The van der Waals surface area contributed by atoms with Gasteiger partial charge in [0.25, 0.3) is 0 Å². The van der Waals surface area contributed by atoms with Crippen LogP contribution in [0, 0.1) is 5.92 Å². The lowest BCUT2D eigenvalue weighted by atomic mass is 10.0. The Kier molecular flexibility index (Phi) is 8.05. The average Bonchev–Trinajstić information content (AvgIpc) is 2.91. The molecule has 5 heteroatoms. The van der Waals surface area contributed by atoms with Crippen molar-refractivity contribution < 1.29 is 9.90 Å². The molecule has 0 spiro atoms. The van der Waals surface area contributed by atoms with Crippen molar-refractivity contribution in [2.24, 2.45) is 5.92 Å². The fourth-order valence-corrected chi connectivity index (χ4v) is 2.42. The molecule has 0 bridgehead atoms. The summed E-state index contributed by atoms with van der Waals surface area (Å²) in [7, 11) is 0. The molecule has 0 aromatic carbocycles. The zero-order valence-corrected chi connectivity index (χ0v) is 13.5. The molecule has 0 fully saturated rings. The third-order valence-corrected chi connectivity index (χ3v) is 3.95. The predicted molar refractivity (Wildman–Crippen MR) is 84.2 cm³/mol. The molecular weight excluding hydrogens is 266 g/mol. The number of carbonyl (C=O) groups is 1. The summed E-state index contributed by atoms with van der Waals surface area (Å²) in [5.74, 6) is -0.266. The molecule has 1 aromatic heterocycles. The Hall–Kier alpha value is -1.36. The minimum atomic E-state index is -0.707. The highest BCUT2D eigenvalue weighted by Crippen LogP contribution is 2.14. The molecule has 0 amide bonds. The molecule has 1 aromatic rings. The van der Waals surface area contributed by atoms with Gasteiger partial charge in [-0.15, -0.1) is 0 Å². The summed E-state index contributed by atoms with van der Waals surface area (Å²) in [4.78, 5) is 10.5. The van der Waals surface area contributed by atoms with Gasteiger partial charge in [-0.05, 0) is 44.2 Å². The topological polar surface area (TPSA) is 67.2 Å². The molecule has 1 unspecified atom stereocenters. The van der Waals surface area contributed by atoms with Crippen molar-refractivity contribution in [3.63, 3.8) is 0 Å². The Labute approximate surface area is 127 Å². The molecule has 0 aliphatic carbocycles. The second kappa shape index (κ2) is 9.55. The summed E-state index contributed by atoms with van der Waals surface area (Å²) in [5, 5.41) is 16.6. The van der Waals surface area contributed by atoms with E-state index in [4.69, 9.17) is 5.11 Å². The molecule has 1 atom stereocenters. The Morgan fingerprint density at radius 2 is 2.10 bits per heavy atom. The number of carboxylic acid groups (broad SMARTS) is 1. The van der Waals surface area contributed by atoms with Crippen molar-refractivity contribution in [2.75, 3.05) is 6.54 Å². The Morgan fingerprint density at radius 1 is 1.38 bits per heavy atom. The van der Waals surface area contributed by atoms with Crippen LogP contribution < -0.4 is 5.32 Å². The Morgan fingerprint density at radius 3 is 2.71 bits per heavy atom. The number of aromatic nitrogens is 2. The number of nitrogens with one attached hydrogen (secondary N) is 1. The molecule has 5 nitrogen and oxygen atoms in total. The minimum absolute atomic E-state index is 0.265. The van der Waals surface area contributed by atoms with Gasteiger partial charge in [0.15, 0.2) is 0 Å². The van der Waals surface area contributed by atoms with Crippen LogP contribution in [0.3, 0.4) is 0 Å². The van der Waals surface area contributed by atoms with Crippen LogP contribution in [-0.4, -0.2) is 27.4 Å². The standard InChI is InChI=1S/C16H29N3O2/c1-4-15(5-2)19-11-9-14(18-19)12-17-10-8-13(3)6-7-16(20)21/h9,11,13,15,17H,4-8,10,12H2,1-3H3,(H,20,21). The van der Waals surface area contributed by atoms with Gasteiger partial charge in [0.05, 0.1) is 11.7 Å². The van der Waals surface area contributed by atoms with E-state index in [1.165, 1.54) is 0 Å². The summed E-state index contributed by atoms with van der Waals surface area (Å²) in [6, 6.07) is 2.56.